The zero-order valence-corrected chi connectivity index (χ0v) is 17.0. The first-order valence-corrected chi connectivity index (χ1v) is 10.2. The fourth-order valence-electron chi connectivity index (χ4n) is 2.24. The second-order valence-electron chi connectivity index (χ2n) is 6.28. The maximum absolute atomic E-state index is 11.7. The number of likely N-dealkylation sites (N-methyl/N-ethyl adjacent to an activating group) is 1. The molecule has 0 bridgehead atoms. The van der Waals surface area contributed by atoms with E-state index >= 15 is 0 Å². The van der Waals surface area contributed by atoms with Crippen molar-refractivity contribution < 1.29 is 13.2 Å². The average Bonchev–Trinajstić information content (AvgIpc) is 2.86. The van der Waals surface area contributed by atoms with Gasteiger partial charge in [0.15, 0.2) is 5.82 Å². The zero-order valence-electron chi connectivity index (χ0n) is 16.1. The van der Waals surface area contributed by atoms with Gasteiger partial charge in [0.1, 0.15) is 5.82 Å². The lowest BCUT2D eigenvalue weighted by atomic mass is 10.2. The SMILES string of the molecule is Cc1nn(-c2ccc(NCCNC(=O)CN(C)S(C)(=O)=O)nn2)c(C)c1C. The highest BCUT2D eigenvalue weighted by Crippen LogP contribution is 2.15. The summed E-state index contributed by atoms with van der Waals surface area (Å²) in [5.74, 6) is 0.830. The normalized spacial score (nSPS) is 11.6. The minimum absolute atomic E-state index is 0.213. The molecule has 0 aromatic carbocycles. The van der Waals surface area contributed by atoms with E-state index in [4.69, 9.17) is 0 Å². The van der Waals surface area contributed by atoms with Crippen LogP contribution in [0.4, 0.5) is 5.82 Å². The molecule has 0 aliphatic rings. The van der Waals surface area contributed by atoms with Crippen LogP contribution in [0.15, 0.2) is 12.1 Å². The number of carbonyl (C=O) groups excluding carboxylic acids is 1. The zero-order chi connectivity index (χ0) is 20.2. The van der Waals surface area contributed by atoms with E-state index in [1.165, 1.54) is 7.05 Å². The molecule has 0 radical (unpaired) electrons. The summed E-state index contributed by atoms with van der Waals surface area (Å²) in [6.07, 6.45) is 1.05. The Hall–Kier alpha value is -2.53. The van der Waals surface area contributed by atoms with Crippen LogP contribution in [0.25, 0.3) is 5.82 Å². The number of hydrogen-bond donors (Lipinski definition) is 2. The number of nitrogens with one attached hydrogen (secondary N) is 2. The van der Waals surface area contributed by atoms with Crippen molar-refractivity contribution >= 4 is 21.7 Å². The van der Waals surface area contributed by atoms with Crippen molar-refractivity contribution in [2.45, 2.75) is 20.8 Å². The van der Waals surface area contributed by atoms with E-state index in [-0.39, 0.29) is 12.5 Å². The molecule has 27 heavy (non-hydrogen) atoms. The highest BCUT2D eigenvalue weighted by atomic mass is 32.2. The first-order chi connectivity index (χ1) is 12.6. The monoisotopic (exact) mass is 395 g/mol. The van der Waals surface area contributed by atoms with Crippen molar-refractivity contribution in [3.8, 4) is 5.82 Å². The van der Waals surface area contributed by atoms with Crippen LogP contribution in [0, 0.1) is 20.8 Å². The molecule has 2 N–H and O–H groups in total. The molecule has 2 rings (SSSR count). The molecule has 2 aromatic rings. The molecule has 11 heteroatoms. The van der Waals surface area contributed by atoms with Crippen LogP contribution < -0.4 is 10.6 Å². The van der Waals surface area contributed by atoms with E-state index in [1.807, 2.05) is 26.8 Å². The van der Waals surface area contributed by atoms with E-state index in [0.29, 0.717) is 24.7 Å². The lowest BCUT2D eigenvalue weighted by Crippen LogP contribution is -2.39. The van der Waals surface area contributed by atoms with Gasteiger partial charge in [-0.1, -0.05) is 0 Å². The molecule has 10 nitrogen and oxygen atoms in total. The lowest BCUT2D eigenvalue weighted by molar-refractivity contribution is -0.121. The second kappa shape index (κ2) is 8.44. The van der Waals surface area contributed by atoms with Crippen LogP contribution in [0.1, 0.15) is 17.0 Å². The topological polar surface area (TPSA) is 122 Å². The third-order valence-corrected chi connectivity index (χ3v) is 5.47. The molecule has 0 unspecified atom stereocenters. The summed E-state index contributed by atoms with van der Waals surface area (Å²) in [4.78, 5) is 11.7. The lowest BCUT2D eigenvalue weighted by Gasteiger charge is -2.13. The van der Waals surface area contributed by atoms with Crippen LogP contribution in [0.2, 0.25) is 0 Å². The Balaban J connectivity index is 1.82. The molecule has 0 saturated heterocycles. The summed E-state index contributed by atoms with van der Waals surface area (Å²) in [5, 5.41) is 18.4. The van der Waals surface area contributed by atoms with Crippen LogP contribution in [0.3, 0.4) is 0 Å². The minimum atomic E-state index is -3.37. The van der Waals surface area contributed by atoms with E-state index < -0.39 is 10.0 Å². The fraction of sp³-hybridized carbons (Fsp3) is 0.500. The Kier molecular flexibility index (Phi) is 6.50. The van der Waals surface area contributed by atoms with Gasteiger partial charge >= 0.3 is 0 Å². The van der Waals surface area contributed by atoms with Crippen molar-refractivity contribution in [1.29, 1.82) is 0 Å². The van der Waals surface area contributed by atoms with Crippen molar-refractivity contribution in [1.82, 2.24) is 29.6 Å². The molecule has 0 aliphatic heterocycles. The maximum atomic E-state index is 11.7. The Morgan fingerprint density at radius 3 is 2.41 bits per heavy atom. The average molecular weight is 395 g/mol. The smallest absolute Gasteiger partial charge is 0.235 e. The van der Waals surface area contributed by atoms with Gasteiger partial charge in [-0.2, -0.15) is 9.40 Å². The Morgan fingerprint density at radius 1 is 1.19 bits per heavy atom. The van der Waals surface area contributed by atoms with E-state index in [2.05, 4.69) is 25.9 Å². The highest BCUT2D eigenvalue weighted by molar-refractivity contribution is 7.88. The summed E-state index contributed by atoms with van der Waals surface area (Å²) in [6, 6.07) is 3.60. The van der Waals surface area contributed by atoms with Gasteiger partial charge in [-0.25, -0.2) is 13.1 Å². The van der Waals surface area contributed by atoms with Crippen molar-refractivity contribution in [3.05, 3.63) is 29.1 Å². The number of carbonyl (C=O) groups is 1. The first kappa shape index (κ1) is 20.8. The summed E-state index contributed by atoms with van der Waals surface area (Å²) in [5.41, 5.74) is 3.09. The van der Waals surface area contributed by atoms with E-state index in [9.17, 15) is 13.2 Å². The molecule has 0 spiro atoms. The molecule has 0 aliphatic carbocycles. The van der Waals surface area contributed by atoms with Crippen LogP contribution >= 0.6 is 0 Å². The number of rotatable bonds is 8. The van der Waals surface area contributed by atoms with Gasteiger partial charge in [-0.3, -0.25) is 4.79 Å². The molecule has 2 aromatic heterocycles. The Labute approximate surface area is 159 Å². The Morgan fingerprint density at radius 2 is 1.89 bits per heavy atom. The van der Waals surface area contributed by atoms with Crippen molar-refractivity contribution in [3.63, 3.8) is 0 Å². The van der Waals surface area contributed by atoms with Gasteiger partial charge in [-0.05, 0) is 38.5 Å². The summed E-state index contributed by atoms with van der Waals surface area (Å²) in [6.45, 7) is 6.49. The van der Waals surface area contributed by atoms with Crippen LogP contribution in [0.5, 0.6) is 0 Å². The second-order valence-corrected chi connectivity index (χ2v) is 8.37. The largest absolute Gasteiger partial charge is 0.367 e. The Bertz CT molecular complexity index is 907. The predicted octanol–water partition coefficient (Wildman–Crippen LogP) is 0.00706. The number of anilines is 1. The number of sulfonamides is 1. The van der Waals surface area contributed by atoms with Crippen molar-refractivity contribution in [2.75, 3.05) is 38.3 Å². The van der Waals surface area contributed by atoms with Crippen LogP contribution in [-0.2, 0) is 14.8 Å². The molecule has 148 valence electrons. The van der Waals surface area contributed by atoms with Gasteiger partial charge in [0.25, 0.3) is 0 Å². The quantitative estimate of drug-likeness (QED) is 0.604. The molecule has 2 heterocycles. The number of aromatic nitrogens is 4. The standard InChI is InChI=1S/C16H25N7O3S/c1-11-12(2)21-23(13(11)3)15-7-6-14(19-20-15)17-8-9-18-16(24)10-22(4)27(5,25)26/h6-7H,8-10H2,1-5H3,(H,17,19)(H,18,24). The van der Waals surface area contributed by atoms with Gasteiger partial charge < -0.3 is 10.6 Å². The highest BCUT2D eigenvalue weighted by Gasteiger charge is 2.14. The molecular weight excluding hydrogens is 370 g/mol. The summed E-state index contributed by atoms with van der Waals surface area (Å²) >= 11 is 0. The number of nitrogens with zero attached hydrogens (tertiary/aromatic N) is 5. The number of amides is 1. The van der Waals surface area contributed by atoms with Gasteiger partial charge in [0, 0.05) is 25.8 Å². The van der Waals surface area contributed by atoms with Gasteiger partial charge in [0.05, 0.1) is 18.5 Å². The predicted molar refractivity (Wildman–Crippen MR) is 102 cm³/mol. The van der Waals surface area contributed by atoms with Crippen LogP contribution in [-0.4, -0.2) is 71.5 Å². The number of hydrogen-bond acceptors (Lipinski definition) is 7. The van der Waals surface area contributed by atoms with E-state index in [1.54, 1.807) is 10.7 Å². The van der Waals surface area contributed by atoms with Gasteiger partial charge in [-0.15, -0.1) is 10.2 Å². The number of aryl methyl sites for hydroxylation is 1. The maximum Gasteiger partial charge on any atom is 0.235 e. The first-order valence-electron chi connectivity index (χ1n) is 8.38. The minimum Gasteiger partial charge on any atom is -0.367 e. The molecule has 0 fully saturated rings. The van der Waals surface area contributed by atoms with Gasteiger partial charge in [0.2, 0.25) is 15.9 Å². The van der Waals surface area contributed by atoms with E-state index in [0.717, 1.165) is 27.5 Å². The fourth-order valence-corrected chi connectivity index (χ4v) is 2.60. The summed E-state index contributed by atoms with van der Waals surface area (Å²) < 4.78 is 25.3. The third-order valence-electron chi connectivity index (χ3n) is 4.21. The molecule has 0 atom stereocenters. The third kappa shape index (κ3) is 5.47. The molecule has 1 amide bonds. The molecule has 0 saturated carbocycles. The summed E-state index contributed by atoms with van der Waals surface area (Å²) in [7, 11) is -2.02. The van der Waals surface area contributed by atoms with Crippen molar-refractivity contribution in [2.24, 2.45) is 0 Å². The molecular formula is C16H25N7O3S.